The highest BCUT2D eigenvalue weighted by Crippen LogP contribution is 2.24. The third kappa shape index (κ3) is 2.75. The summed E-state index contributed by atoms with van der Waals surface area (Å²) < 4.78 is 26.2. The molecule has 1 fully saturated rings. The maximum Gasteiger partial charge on any atom is 0.158 e. The van der Waals surface area contributed by atoms with E-state index >= 15 is 0 Å². The third-order valence-corrected chi connectivity index (χ3v) is 2.96. The molecule has 2 rings (SSSR count). The van der Waals surface area contributed by atoms with Crippen molar-refractivity contribution in [3.8, 4) is 0 Å². The van der Waals surface area contributed by atoms with Crippen LogP contribution >= 0.6 is 0 Å². The van der Waals surface area contributed by atoms with E-state index in [0.29, 0.717) is 18.3 Å². The molecule has 2 atom stereocenters. The Morgan fingerprint density at radius 1 is 1.20 bits per heavy atom. The number of nitrogens with one attached hydrogen (secondary N) is 1. The molecule has 1 saturated heterocycles. The average molecular weight is 211 g/mol. The van der Waals surface area contributed by atoms with Crippen LogP contribution in [0, 0.1) is 11.8 Å². The predicted molar refractivity (Wildman–Crippen MR) is 56.6 cm³/mol. The van der Waals surface area contributed by atoms with Crippen molar-refractivity contribution in [1.82, 2.24) is 5.32 Å². The van der Waals surface area contributed by atoms with Crippen LogP contribution in [0.4, 0.5) is 8.78 Å². The Balaban J connectivity index is 2.19. The predicted octanol–water partition coefficient (Wildman–Crippen LogP) is 2.88. The summed E-state index contributed by atoms with van der Waals surface area (Å²) in [7, 11) is 0. The lowest BCUT2D eigenvalue weighted by molar-refractivity contribution is 0.325. The van der Waals surface area contributed by atoms with Crippen molar-refractivity contribution in [2.24, 2.45) is 11.8 Å². The van der Waals surface area contributed by atoms with Crippen LogP contribution in [-0.2, 0) is 0 Å². The van der Waals surface area contributed by atoms with E-state index in [1.54, 1.807) is 6.08 Å². The minimum absolute atomic E-state index is 0.421. The van der Waals surface area contributed by atoms with Gasteiger partial charge in [0.25, 0.3) is 0 Å². The molecule has 2 unspecified atom stereocenters. The van der Waals surface area contributed by atoms with Crippen molar-refractivity contribution in [3.63, 3.8) is 0 Å². The first-order valence-corrected chi connectivity index (χ1v) is 5.36. The van der Waals surface area contributed by atoms with Crippen molar-refractivity contribution in [3.05, 3.63) is 36.0 Å². The topological polar surface area (TPSA) is 12.0 Å². The molecule has 82 valence electrons. The molecule has 0 aromatic carbocycles. The second kappa shape index (κ2) is 4.71. The summed E-state index contributed by atoms with van der Waals surface area (Å²) in [5, 5.41) is 3.31. The summed E-state index contributed by atoms with van der Waals surface area (Å²) in [6.45, 7) is 1.84. The highest BCUT2D eigenvalue weighted by Gasteiger charge is 2.19. The molecule has 1 N–H and O–H groups in total. The van der Waals surface area contributed by atoms with Crippen LogP contribution < -0.4 is 5.32 Å². The summed E-state index contributed by atoms with van der Waals surface area (Å²) in [4.78, 5) is 0. The lowest BCUT2D eigenvalue weighted by atomic mass is 9.87. The van der Waals surface area contributed by atoms with Gasteiger partial charge < -0.3 is 5.32 Å². The monoisotopic (exact) mass is 211 g/mol. The van der Waals surface area contributed by atoms with Gasteiger partial charge in [-0.3, -0.25) is 0 Å². The van der Waals surface area contributed by atoms with Gasteiger partial charge in [0.1, 0.15) is 0 Å². The molecule has 1 nitrogen and oxygen atoms in total. The molecule has 0 amide bonds. The van der Waals surface area contributed by atoms with Crippen LogP contribution in [0.2, 0.25) is 0 Å². The smallest absolute Gasteiger partial charge is 0.158 e. The Kier molecular flexibility index (Phi) is 3.31. The van der Waals surface area contributed by atoms with Crippen LogP contribution in [0.25, 0.3) is 0 Å². The van der Waals surface area contributed by atoms with E-state index in [1.807, 2.05) is 6.08 Å². The Labute approximate surface area is 88.6 Å². The normalized spacial score (nSPS) is 31.9. The zero-order chi connectivity index (χ0) is 10.7. The van der Waals surface area contributed by atoms with Crippen LogP contribution in [0.1, 0.15) is 12.8 Å². The second-order valence-corrected chi connectivity index (χ2v) is 4.21. The summed E-state index contributed by atoms with van der Waals surface area (Å²) in [5.41, 5.74) is 0. The van der Waals surface area contributed by atoms with Gasteiger partial charge in [-0.1, -0.05) is 12.2 Å². The van der Waals surface area contributed by atoms with Gasteiger partial charge >= 0.3 is 0 Å². The summed E-state index contributed by atoms with van der Waals surface area (Å²) in [6.07, 6.45) is 7.80. The van der Waals surface area contributed by atoms with Gasteiger partial charge in [-0.05, 0) is 43.4 Å². The number of allylic oxidation sites excluding steroid dienone is 5. The fourth-order valence-corrected chi connectivity index (χ4v) is 2.14. The summed E-state index contributed by atoms with van der Waals surface area (Å²) >= 11 is 0. The van der Waals surface area contributed by atoms with Crippen LogP contribution in [-0.4, -0.2) is 13.1 Å². The zero-order valence-corrected chi connectivity index (χ0v) is 8.55. The lowest BCUT2D eigenvalue weighted by Gasteiger charge is -2.27. The van der Waals surface area contributed by atoms with Gasteiger partial charge in [0, 0.05) is 6.54 Å². The molecule has 2 aliphatic rings. The average Bonchev–Trinajstić information content (AvgIpc) is 2.25. The number of halogens is 2. The Morgan fingerprint density at radius 3 is 2.93 bits per heavy atom. The Bertz CT molecular complexity index is 318. The molecule has 2 bridgehead atoms. The highest BCUT2D eigenvalue weighted by molar-refractivity contribution is 5.24. The molecule has 3 heteroatoms. The quantitative estimate of drug-likeness (QED) is 0.649. The van der Waals surface area contributed by atoms with Crippen molar-refractivity contribution in [1.29, 1.82) is 0 Å². The summed E-state index contributed by atoms with van der Waals surface area (Å²) in [6, 6.07) is 0. The van der Waals surface area contributed by atoms with E-state index in [0.717, 1.165) is 19.5 Å². The molecule has 0 radical (unpaired) electrons. The van der Waals surface area contributed by atoms with E-state index in [4.69, 9.17) is 0 Å². The molecule has 15 heavy (non-hydrogen) atoms. The number of piperidine rings is 1. The maximum absolute atomic E-state index is 13.1. The number of rotatable bonds is 0. The van der Waals surface area contributed by atoms with Crippen molar-refractivity contribution >= 4 is 0 Å². The third-order valence-electron chi connectivity index (χ3n) is 2.96. The number of fused-ring (bicyclic) bond motifs is 2. The van der Waals surface area contributed by atoms with Gasteiger partial charge in [0.2, 0.25) is 0 Å². The molecular weight excluding hydrogens is 196 g/mol. The van der Waals surface area contributed by atoms with Gasteiger partial charge in [-0.25, -0.2) is 8.78 Å². The van der Waals surface area contributed by atoms with E-state index in [9.17, 15) is 8.78 Å². The molecule has 0 aromatic heterocycles. The molecular formula is C12H15F2N. The second-order valence-electron chi connectivity index (χ2n) is 4.21. The van der Waals surface area contributed by atoms with Crippen molar-refractivity contribution in [2.45, 2.75) is 12.8 Å². The summed E-state index contributed by atoms with van der Waals surface area (Å²) in [5.74, 6) is -0.629. The molecule has 0 saturated carbocycles. The standard InChI is InChI=1S/C12H15F2N/c13-11-3-1-2-9-6-10(8-15-7-9)4-5-12(11)14/h1-3,5,9-10,15H,4,6-8H2. The van der Waals surface area contributed by atoms with E-state index < -0.39 is 11.7 Å². The van der Waals surface area contributed by atoms with Crippen LogP contribution in [0.5, 0.6) is 0 Å². The first-order chi connectivity index (χ1) is 7.25. The van der Waals surface area contributed by atoms with Gasteiger partial charge in [0.15, 0.2) is 11.7 Å². The molecule has 1 heterocycles. The van der Waals surface area contributed by atoms with Crippen LogP contribution in [0.3, 0.4) is 0 Å². The fourth-order valence-electron chi connectivity index (χ4n) is 2.14. The molecule has 0 spiro atoms. The van der Waals surface area contributed by atoms with E-state index in [-0.39, 0.29) is 0 Å². The fraction of sp³-hybridized carbons (Fsp3) is 0.500. The number of hydrogen-bond donors (Lipinski definition) is 1. The molecule has 1 aliphatic heterocycles. The molecule has 0 aromatic rings. The largest absolute Gasteiger partial charge is 0.316 e. The Hall–Kier alpha value is -0.960. The minimum Gasteiger partial charge on any atom is -0.316 e. The van der Waals surface area contributed by atoms with Crippen molar-refractivity contribution < 1.29 is 8.78 Å². The van der Waals surface area contributed by atoms with E-state index in [2.05, 4.69) is 5.32 Å². The zero-order valence-electron chi connectivity index (χ0n) is 8.55. The minimum atomic E-state index is -0.765. The molecule has 1 aliphatic carbocycles. The lowest BCUT2D eigenvalue weighted by Crippen LogP contribution is -2.35. The van der Waals surface area contributed by atoms with Crippen LogP contribution in [0.15, 0.2) is 36.0 Å². The SMILES string of the molecule is FC1=CC=CC2CNCC(CC=C1F)C2. The van der Waals surface area contributed by atoms with Gasteiger partial charge in [-0.2, -0.15) is 0 Å². The first-order valence-electron chi connectivity index (χ1n) is 5.36. The van der Waals surface area contributed by atoms with Gasteiger partial charge in [0.05, 0.1) is 0 Å². The van der Waals surface area contributed by atoms with Crippen molar-refractivity contribution in [2.75, 3.05) is 13.1 Å². The highest BCUT2D eigenvalue weighted by atomic mass is 19.2. The Morgan fingerprint density at radius 2 is 2.07 bits per heavy atom. The van der Waals surface area contributed by atoms with E-state index in [1.165, 1.54) is 12.2 Å². The van der Waals surface area contributed by atoms with Gasteiger partial charge in [-0.15, -0.1) is 0 Å². The number of hydrogen-bond acceptors (Lipinski definition) is 1. The maximum atomic E-state index is 13.1. The first kappa shape index (κ1) is 10.6.